The van der Waals surface area contributed by atoms with Crippen LogP contribution in [-0.2, 0) is 13.1 Å². The number of nitrogens with one attached hydrogen (secondary N) is 1. The van der Waals surface area contributed by atoms with Gasteiger partial charge in [0.2, 0.25) is 0 Å². The Bertz CT molecular complexity index is 1110. The van der Waals surface area contributed by atoms with Gasteiger partial charge >= 0.3 is 6.03 Å². The van der Waals surface area contributed by atoms with Crippen molar-refractivity contribution in [2.75, 3.05) is 25.5 Å². The van der Waals surface area contributed by atoms with Gasteiger partial charge in [0.15, 0.2) is 0 Å². The zero-order valence-electron chi connectivity index (χ0n) is 19.1. The van der Waals surface area contributed by atoms with Crippen molar-refractivity contribution in [3.63, 3.8) is 0 Å². The monoisotopic (exact) mass is 436 g/mol. The number of furan rings is 1. The number of carbonyl (C=O) groups is 1. The van der Waals surface area contributed by atoms with Gasteiger partial charge in [0.05, 0.1) is 18.5 Å². The summed E-state index contributed by atoms with van der Waals surface area (Å²) in [4.78, 5) is 30.7. The highest BCUT2D eigenvalue weighted by Gasteiger charge is 2.28. The number of nitrogens with zero attached hydrogens (tertiary/aromatic N) is 3. The molecule has 0 bridgehead atoms. The molecule has 4 rings (SSSR count). The number of carbonyl (C=O) groups excluding carboxylic acids is 1. The van der Waals surface area contributed by atoms with E-state index in [1.807, 2.05) is 41.3 Å². The number of amides is 2. The molecule has 7 nitrogen and oxygen atoms in total. The van der Waals surface area contributed by atoms with E-state index in [2.05, 4.69) is 31.1 Å². The number of pyridine rings is 1. The molecule has 2 aromatic heterocycles. The number of piperidine rings is 1. The zero-order chi connectivity index (χ0) is 22.7. The van der Waals surface area contributed by atoms with Gasteiger partial charge in [-0.1, -0.05) is 32.0 Å². The molecule has 1 aromatic carbocycles. The Hall–Kier alpha value is -3.06. The fraction of sp³-hybridized carbons (Fsp3) is 0.440. The summed E-state index contributed by atoms with van der Waals surface area (Å²) in [6, 6.07) is 11.2. The summed E-state index contributed by atoms with van der Waals surface area (Å²) < 4.78 is 7.25. The summed E-state index contributed by atoms with van der Waals surface area (Å²) in [6.07, 6.45) is 5.24. The van der Waals surface area contributed by atoms with Crippen LogP contribution in [0, 0.1) is 5.92 Å². The van der Waals surface area contributed by atoms with E-state index in [1.165, 1.54) is 0 Å². The van der Waals surface area contributed by atoms with Gasteiger partial charge in [-0.15, -0.1) is 0 Å². The van der Waals surface area contributed by atoms with Crippen molar-refractivity contribution in [2.45, 2.75) is 45.8 Å². The van der Waals surface area contributed by atoms with Gasteiger partial charge in [0, 0.05) is 29.6 Å². The Morgan fingerprint density at radius 3 is 2.53 bits per heavy atom. The maximum atomic E-state index is 13.6. The quantitative estimate of drug-likeness (QED) is 0.623. The predicted octanol–water partition coefficient (Wildman–Crippen LogP) is 4.38. The molecule has 1 aliphatic rings. The first kappa shape index (κ1) is 22.1. The van der Waals surface area contributed by atoms with Crippen molar-refractivity contribution in [3.8, 4) is 0 Å². The SMILES string of the molecule is CC(C)Cn1cc(NC(=O)N(Cc2ccco2)C2CCN(C)CC2)c2ccccc2c1=O. The third kappa shape index (κ3) is 4.88. The number of urea groups is 1. The normalized spacial score (nSPS) is 15.4. The van der Waals surface area contributed by atoms with E-state index in [-0.39, 0.29) is 17.6 Å². The van der Waals surface area contributed by atoms with Crippen LogP contribution in [-0.4, -0.2) is 46.6 Å². The standard InChI is InChI=1S/C25H32N4O3/c1-18(2)15-28-17-23(21-8-4-5-9-22(21)24(28)30)26-25(31)29(16-20-7-6-14-32-20)19-10-12-27(3)13-11-19/h4-9,14,17-19H,10-13,15-16H2,1-3H3,(H,26,31). The topological polar surface area (TPSA) is 70.7 Å². The second-order valence-corrected chi connectivity index (χ2v) is 9.11. The molecule has 3 heterocycles. The molecule has 2 amide bonds. The lowest BCUT2D eigenvalue weighted by Gasteiger charge is -2.37. The molecule has 7 heteroatoms. The summed E-state index contributed by atoms with van der Waals surface area (Å²) in [6.45, 7) is 7.06. The summed E-state index contributed by atoms with van der Waals surface area (Å²) in [5.41, 5.74) is 0.623. The molecule has 0 saturated carbocycles. The average Bonchev–Trinajstić information content (AvgIpc) is 3.29. The van der Waals surface area contributed by atoms with Gasteiger partial charge in [0.1, 0.15) is 5.76 Å². The lowest BCUT2D eigenvalue weighted by atomic mass is 10.0. The van der Waals surface area contributed by atoms with E-state index in [0.717, 1.165) is 37.1 Å². The van der Waals surface area contributed by atoms with Crippen LogP contribution in [0.2, 0.25) is 0 Å². The third-order valence-electron chi connectivity index (χ3n) is 6.09. The molecular formula is C25H32N4O3. The number of fused-ring (bicyclic) bond motifs is 1. The van der Waals surface area contributed by atoms with Gasteiger partial charge < -0.3 is 24.1 Å². The van der Waals surface area contributed by atoms with Crippen LogP contribution in [0.4, 0.5) is 10.5 Å². The van der Waals surface area contributed by atoms with Crippen molar-refractivity contribution in [1.82, 2.24) is 14.4 Å². The minimum Gasteiger partial charge on any atom is -0.467 e. The summed E-state index contributed by atoms with van der Waals surface area (Å²) >= 11 is 0. The largest absolute Gasteiger partial charge is 0.467 e. The third-order valence-corrected chi connectivity index (χ3v) is 6.09. The average molecular weight is 437 g/mol. The fourth-order valence-corrected chi connectivity index (χ4v) is 4.40. The predicted molar refractivity (Wildman–Crippen MR) is 127 cm³/mol. The number of hydrogen-bond acceptors (Lipinski definition) is 4. The number of likely N-dealkylation sites (tertiary alicyclic amines) is 1. The number of anilines is 1. The van der Waals surface area contributed by atoms with Gasteiger partial charge in [-0.3, -0.25) is 4.79 Å². The maximum Gasteiger partial charge on any atom is 0.322 e. The second kappa shape index (κ2) is 9.61. The molecule has 1 fully saturated rings. The Balaban J connectivity index is 1.66. The molecular weight excluding hydrogens is 404 g/mol. The molecule has 0 atom stereocenters. The van der Waals surface area contributed by atoms with Crippen LogP contribution in [0.1, 0.15) is 32.4 Å². The highest BCUT2D eigenvalue weighted by atomic mass is 16.3. The first-order chi connectivity index (χ1) is 15.4. The Morgan fingerprint density at radius 1 is 1.16 bits per heavy atom. The Morgan fingerprint density at radius 2 is 1.88 bits per heavy atom. The van der Waals surface area contributed by atoms with E-state index in [4.69, 9.17) is 4.42 Å². The summed E-state index contributed by atoms with van der Waals surface area (Å²) in [7, 11) is 2.11. The fourth-order valence-electron chi connectivity index (χ4n) is 4.40. The van der Waals surface area contributed by atoms with Crippen LogP contribution in [0.3, 0.4) is 0 Å². The molecule has 0 spiro atoms. The minimum atomic E-state index is -0.171. The van der Waals surface area contributed by atoms with Crippen LogP contribution in [0.25, 0.3) is 10.8 Å². The first-order valence-electron chi connectivity index (χ1n) is 11.3. The van der Waals surface area contributed by atoms with E-state index < -0.39 is 0 Å². The molecule has 1 N–H and O–H groups in total. The number of hydrogen-bond donors (Lipinski definition) is 1. The van der Waals surface area contributed by atoms with Gasteiger partial charge in [-0.05, 0) is 57.1 Å². The first-order valence-corrected chi connectivity index (χ1v) is 11.3. The summed E-state index contributed by atoms with van der Waals surface area (Å²) in [5.74, 6) is 1.07. The Labute approximate surface area is 188 Å². The molecule has 32 heavy (non-hydrogen) atoms. The van der Waals surface area contributed by atoms with Gasteiger partial charge in [0.25, 0.3) is 5.56 Å². The van der Waals surface area contributed by atoms with Crippen LogP contribution in [0.5, 0.6) is 0 Å². The smallest absolute Gasteiger partial charge is 0.322 e. The molecule has 0 radical (unpaired) electrons. The molecule has 0 aliphatic carbocycles. The lowest BCUT2D eigenvalue weighted by molar-refractivity contribution is 0.130. The van der Waals surface area contributed by atoms with E-state index in [9.17, 15) is 9.59 Å². The molecule has 170 valence electrons. The molecule has 1 aliphatic heterocycles. The highest BCUT2D eigenvalue weighted by Crippen LogP contribution is 2.24. The second-order valence-electron chi connectivity index (χ2n) is 9.11. The van der Waals surface area contributed by atoms with E-state index in [0.29, 0.717) is 30.1 Å². The van der Waals surface area contributed by atoms with Crippen molar-refractivity contribution < 1.29 is 9.21 Å². The molecule has 3 aromatic rings. The van der Waals surface area contributed by atoms with Crippen LogP contribution in [0.15, 0.2) is 58.1 Å². The van der Waals surface area contributed by atoms with Crippen molar-refractivity contribution >= 4 is 22.5 Å². The molecule has 1 saturated heterocycles. The van der Waals surface area contributed by atoms with Crippen molar-refractivity contribution in [1.29, 1.82) is 0 Å². The van der Waals surface area contributed by atoms with Crippen LogP contribution >= 0.6 is 0 Å². The highest BCUT2D eigenvalue weighted by molar-refractivity contribution is 6.01. The maximum absolute atomic E-state index is 13.6. The Kier molecular flexibility index (Phi) is 6.65. The van der Waals surface area contributed by atoms with Crippen molar-refractivity contribution in [3.05, 3.63) is 65.0 Å². The summed E-state index contributed by atoms with van der Waals surface area (Å²) in [5, 5.41) is 4.49. The van der Waals surface area contributed by atoms with E-state index in [1.54, 1.807) is 17.0 Å². The number of rotatable bonds is 6. The minimum absolute atomic E-state index is 0.0324. The van der Waals surface area contributed by atoms with Gasteiger partial charge in [-0.2, -0.15) is 0 Å². The number of aromatic nitrogens is 1. The number of benzene rings is 1. The lowest BCUT2D eigenvalue weighted by Crippen LogP contribution is -2.47. The van der Waals surface area contributed by atoms with E-state index >= 15 is 0 Å². The molecule has 0 unspecified atom stereocenters. The zero-order valence-corrected chi connectivity index (χ0v) is 19.1. The van der Waals surface area contributed by atoms with Crippen LogP contribution < -0.4 is 10.9 Å². The van der Waals surface area contributed by atoms with Crippen molar-refractivity contribution in [2.24, 2.45) is 5.92 Å². The van der Waals surface area contributed by atoms with Gasteiger partial charge in [-0.25, -0.2) is 4.79 Å².